The van der Waals surface area contributed by atoms with Crippen LogP contribution in [0.1, 0.15) is 48.3 Å². The Kier molecular flexibility index (Phi) is 6.67. The second-order valence-electron chi connectivity index (χ2n) is 7.00. The van der Waals surface area contributed by atoms with Crippen molar-refractivity contribution in [2.75, 3.05) is 7.11 Å². The van der Waals surface area contributed by atoms with Crippen LogP contribution in [0.2, 0.25) is 0 Å². The summed E-state index contributed by atoms with van der Waals surface area (Å²) in [6.07, 6.45) is 0.541. The first-order valence-electron chi connectivity index (χ1n) is 8.31. The first-order chi connectivity index (χ1) is 12.2. The van der Waals surface area contributed by atoms with Crippen LogP contribution in [0.4, 0.5) is 4.39 Å². The van der Waals surface area contributed by atoms with E-state index in [2.05, 4.69) is 4.72 Å². The highest BCUT2D eigenvalue weighted by molar-refractivity contribution is 7.84. The van der Waals surface area contributed by atoms with E-state index in [0.717, 1.165) is 11.1 Å². The van der Waals surface area contributed by atoms with Gasteiger partial charge in [-0.25, -0.2) is 18.1 Å². The van der Waals surface area contributed by atoms with Crippen molar-refractivity contribution in [3.05, 3.63) is 71.0 Å². The maximum atomic E-state index is 13.2. The molecule has 1 N–H and O–H groups in total. The van der Waals surface area contributed by atoms with Crippen molar-refractivity contribution in [2.24, 2.45) is 0 Å². The number of halogens is 1. The molecule has 2 atom stereocenters. The highest BCUT2D eigenvalue weighted by Crippen LogP contribution is 2.22. The van der Waals surface area contributed by atoms with E-state index in [0.29, 0.717) is 12.0 Å². The molecule has 6 heteroatoms. The second kappa shape index (κ2) is 8.56. The van der Waals surface area contributed by atoms with Crippen molar-refractivity contribution in [3.63, 3.8) is 0 Å². The number of esters is 1. The van der Waals surface area contributed by atoms with Gasteiger partial charge in [0.25, 0.3) is 0 Å². The minimum Gasteiger partial charge on any atom is -0.465 e. The lowest BCUT2D eigenvalue weighted by Crippen LogP contribution is -2.36. The lowest BCUT2D eigenvalue weighted by atomic mass is 9.99. The summed E-state index contributed by atoms with van der Waals surface area (Å²) in [5, 5.41) is 0. The number of hydrogen-bond donors (Lipinski definition) is 1. The van der Waals surface area contributed by atoms with Crippen LogP contribution in [0, 0.1) is 5.82 Å². The Morgan fingerprint density at radius 1 is 1.12 bits per heavy atom. The number of carbonyl (C=O) groups is 1. The molecular weight excluding hydrogens is 353 g/mol. The van der Waals surface area contributed by atoms with Gasteiger partial charge in [0.15, 0.2) is 0 Å². The lowest BCUT2D eigenvalue weighted by molar-refractivity contribution is 0.0600. The largest absolute Gasteiger partial charge is 0.465 e. The molecule has 1 unspecified atom stereocenters. The van der Waals surface area contributed by atoms with Gasteiger partial charge in [-0.15, -0.1) is 0 Å². The third-order valence-electron chi connectivity index (χ3n) is 3.89. The summed E-state index contributed by atoms with van der Waals surface area (Å²) in [4.78, 5) is 11.6. The highest BCUT2D eigenvalue weighted by Gasteiger charge is 2.24. The van der Waals surface area contributed by atoms with E-state index in [4.69, 9.17) is 4.74 Å². The van der Waals surface area contributed by atoms with Gasteiger partial charge in [0.2, 0.25) is 0 Å². The van der Waals surface area contributed by atoms with Crippen LogP contribution in [-0.2, 0) is 22.1 Å². The summed E-state index contributed by atoms with van der Waals surface area (Å²) in [7, 11) is 0.0576. The minimum atomic E-state index is -1.28. The van der Waals surface area contributed by atoms with E-state index in [1.165, 1.54) is 19.2 Å². The van der Waals surface area contributed by atoms with E-state index in [-0.39, 0.29) is 11.9 Å². The molecule has 0 saturated carbocycles. The molecule has 0 aliphatic heterocycles. The molecule has 0 radical (unpaired) electrons. The maximum Gasteiger partial charge on any atom is 0.337 e. The summed E-state index contributed by atoms with van der Waals surface area (Å²) >= 11 is 0. The predicted octanol–water partition coefficient (Wildman–Crippen LogP) is 3.95. The van der Waals surface area contributed by atoms with Crippen LogP contribution in [-0.4, -0.2) is 22.0 Å². The number of ether oxygens (including phenoxy) is 1. The van der Waals surface area contributed by atoms with Gasteiger partial charge in [-0.05, 0) is 62.6 Å². The molecule has 0 saturated heterocycles. The molecule has 4 nitrogen and oxygen atoms in total. The molecule has 140 valence electrons. The van der Waals surface area contributed by atoms with E-state index in [1.54, 1.807) is 24.3 Å². The van der Waals surface area contributed by atoms with E-state index < -0.39 is 21.7 Å². The molecule has 0 aliphatic carbocycles. The van der Waals surface area contributed by atoms with Crippen LogP contribution >= 0.6 is 0 Å². The van der Waals surface area contributed by atoms with Gasteiger partial charge in [0.05, 0.1) is 28.4 Å². The first-order valence-corrected chi connectivity index (χ1v) is 9.46. The van der Waals surface area contributed by atoms with Gasteiger partial charge in [0, 0.05) is 6.04 Å². The predicted molar refractivity (Wildman–Crippen MR) is 102 cm³/mol. The second-order valence-corrected chi connectivity index (χ2v) is 8.99. The van der Waals surface area contributed by atoms with Gasteiger partial charge >= 0.3 is 5.97 Å². The summed E-state index contributed by atoms with van der Waals surface area (Å²) in [5.74, 6) is -0.697. The maximum absolute atomic E-state index is 13.2. The Balaban J connectivity index is 2.28. The van der Waals surface area contributed by atoms with Crippen molar-refractivity contribution in [3.8, 4) is 0 Å². The van der Waals surface area contributed by atoms with Gasteiger partial charge in [0.1, 0.15) is 5.82 Å². The number of methoxy groups -OCH3 is 1. The molecule has 0 heterocycles. The smallest absolute Gasteiger partial charge is 0.337 e. The molecule has 2 rings (SSSR count). The van der Waals surface area contributed by atoms with E-state index in [9.17, 15) is 13.4 Å². The number of nitrogens with one attached hydrogen (secondary N) is 1. The zero-order chi connectivity index (χ0) is 19.3. The molecular formula is C20H24FNO3S. The average molecular weight is 377 g/mol. The topological polar surface area (TPSA) is 55.4 Å². The van der Waals surface area contributed by atoms with Crippen LogP contribution in [0.3, 0.4) is 0 Å². The molecule has 0 fully saturated rings. The SMILES string of the molecule is COC(=O)c1ccc([C@@H](Cc2ccc(F)cc2)NS(=O)C(C)(C)C)cc1. The number of carbonyl (C=O) groups excluding carboxylic acids is 1. The fraction of sp³-hybridized carbons (Fsp3) is 0.350. The van der Waals surface area contributed by atoms with Gasteiger partial charge in [-0.3, -0.25) is 0 Å². The Labute approximate surface area is 156 Å². The van der Waals surface area contributed by atoms with Crippen molar-refractivity contribution in [1.82, 2.24) is 4.72 Å². The van der Waals surface area contributed by atoms with Crippen molar-refractivity contribution >= 4 is 17.0 Å². The van der Waals surface area contributed by atoms with Gasteiger partial charge in [-0.2, -0.15) is 0 Å². The number of hydrogen-bond acceptors (Lipinski definition) is 3. The van der Waals surface area contributed by atoms with Crippen LogP contribution in [0.25, 0.3) is 0 Å². The van der Waals surface area contributed by atoms with Crippen molar-refractivity contribution in [2.45, 2.75) is 38.0 Å². The molecule has 0 aliphatic rings. The monoisotopic (exact) mass is 377 g/mol. The van der Waals surface area contributed by atoms with Gasteiger partial charge < -0.3 is 4.74 Å². The highest BCUT2D eigenvalue weighted by atomic mass is 32.2. The third-order valence-corrected chi connectivity index (χ3v) is 5.50. The van der Waals surface area contributed by atoms with Crippen molar-refractivity contribution < 1.29 is 18.1 Å². The number of rotatable bonds is 6. The molecule has 2 aromatic rings. The Hall–Kier alpha value is -2.05. The van der Waals surface area contributed by atoms with Gasteiger partial charge in [-0.1, -0.05) is 24.3 Å². The van der Waals surface area contributed by atoms with Crippen molar-refractivity contribution in [1.29, 1.82) is 0 Å². The molecule has 0 spiro atoms. The average Bonchev–Trinajstić information content (AvgIpc) is 2.61. The van der Waals surface area contributed by atoms with Crippen LogP contribution < -0.4 is 4.72 Å². The summed E-state index contributed by atoms with van der Waals surface area (Å²) in [6.45, 7) is 5.68. The fourth-order valence-corrected chi connectivity index (χ4v) is 3.19. The Bertz CT molecular complexity index is 767. The van der Waals surface area contributed by atoms with Crippen LogP contribution in [0.15, 0.2) is 48.5 Å². The first kappa shape index (κ1) is 20.3. The summed E-state index contributed by atoms with van der Waals surface area (Å²) < 4.78 is 33.2. The number of benzene rings is 2. The molecule has 2 aromatic carbocycles. The minimum absolute atomic E-state index is 0.243. The quantitative estimate of drug-likeness (QED) is 0.776. The Morgan fingerprint density at radius 3 is 2.19 bits per heavy atom. The third kappa shape index (κ3) is 5.47. The lowest BCUT2D eigenvalue weighted by Gasteiger charge is -2.25. The molecule has 0 bridgehead atoms. The van der Waals surface area contributed by atoms with Crippen LogP contribution in [0.5, 0.6) is 0 Å². The normalized spacial score (nSPS) is 13.9. The molecule has 0 amide bonds. The van der Waals surface area contributed by atoms with E-state index >= 15 is 0 Å². The zero-order valence-corrected chi connectivity index (χ0v) is 16.2. The molecule has 26 heavy (non-hydrogen) atoms. The molecule has 0 aromatic heterocycles. The summed E-state index contributed by atoms with van der Waals surface area (Å²) in [5.41, 5.74) is 2.26. The Morgan fingerprint density at radius 2 is 1.69 bits per heavy atom. The standard InChI is InChI=1S/C20H24FNO3S/c1-20(2,3)26(24)22-18(13-14-5-11-17(21)12-6-14)15-7-9-16(10-8-15)19(23)25-4/h5-12,18,22H,13H2,1-4H3/t18-,26?/m1/s1. The summed E-state index contributed by atoms with van der Waals surface area (Å²) in [6, 6.07) is 13.0. The van der Waals surface area contributed by atoms with E-state index in [1.807, 2.05) is 32.9 Å². The zero-order valence-electron chi connectivity index (χ0n) is 15.4. The fourth-order valence-electron chi connectivity index (χ4n) is 2.36.